The summed E-state index contributed by atoms with van der Waals surface area (Å²) in [7, 11) is 0. The maximum atomic E-state index is 12.4. The number of aliphatic carboxylic acids is 1. The first-order valence-electron chi connectivity index (χ1n) is 8.63. The van der Waals surface area contributed by atoms with Crippen molar-refractivity contribution in [2.75, 3.05) is 11.9 Å². The van der Waals surface area contributed by atoms with E-state index in [9.17, 15) is 9.59 Å². The lowest BCUT2D eigenvalue weighted by molar-refractivity contribution is -0.139. The highest BCUT2D eigenvalue weighted by molar-refractivity contribution is 9.10. The minimum absolute atomic E-state index is 0.197. The molecular formula is C20H19BrN2O4S. The molecule has 0 aromatic heterocycles. The summed E-state index contributed by atoms with van der Waals surface area (Å²) in [6, 6.07) is 13.3. The number of ether oxygens (including phenoxy) is 1. The zero-order valence-electron chi connectivity index (χ0n) is 15.1. The molecule has 28 heavy (non-hydrogen) atoms. The molecule has 1 atom stereocenters. The van der Waals surface area contributed by atoms with Gasteiger partial charge in [0.05, 0.1) is 4.91 Å². The number of benzene rings is 2. The number of carboxylic acids is 1. The molecule has 8 heteroatoms. The Hall–Kier alpha value is -2.45. The van der Waals surface area contributed by atoms with Crippen LogP contribution in [0.4, 0.5) is 5.69 Å². The van der Waals surface area contributed by atoms with Crippen LogP contribution in [0, 0.1) is 0 Å². The number of halogens is 1. The molecule has 1 amide bonds. The minimum atomic E-state index is -1.06. The normalized spacial score (nSPS) is 17.4. The van der Waals surface area contributed by atoms with Gasteiger partial charge in [0.1, 0.15) is 5.75 Å². The monoisotopic (exact) mass is 462 g/mol. The standard InChI is InChI=1S/C20H19BrN2O4S/c1-2-12-3-6-15(7-4-12)22-20-23-19(26)17(28-20)10-13-9-14(21)5-8-16(13)27-11-18(24)25/h3-10,20,22H,2,11H2,1H3,(H,23,26)(H,24,25)/b17-10-/t20-/m0/s1. The molecule has 3 N–H and O–H groups in total. The van der Waals surface area contributed by atoms with Crippen LogP contribution >= 0.6 is 27.7 Å². The van der Waals surface area contributed by atoms with Crippen molar-refractivity contribution in [2.45, 2.75) is 18.8 Å². The summed E-state index contributed by atoms with van der Waals surface area (Å²) in [6.45, 7) is 1.65. The number of carbonyl (C=O) groups excluding carboxylic acids is 1. The second-order valence-electron chi connectivity index (χ2n) is 6.04. The lowest BCUT2D eigenvalue weighted by atomic mass is 10.1. The Morgan fingerprint density at radius 3 is 2.75 bits per heavy atom. The van der Waals surface area contributed by atoms with Crippen molar-refractivity contribution in [3.8, 4) is 5.75 Å². The number of aryl methyl sites for hydroxylation is 1. The highest BCUT2D eigenvalue weighted by Gasteiger charge is 2.27. The number of rotatable bonds is 7. The van der Waals surface area contributed by atoms with Gasteiger partial charge in [0, 0.05) is 15.7 Å². The largest absolute Gasteiger partial charge is 0.481 e. The minimum Gasteiger partial charge on any atom is -0.481 e. The molecule has 1 heterocycles. The average molecular weight is 463 g/mol. The fourth-order valence-electron chi connectivity index (χ4n) is 2.60. The topological polar surface area (TPSA) is 87.7 Å². The molecule has 3 rings (SSSR count). The van der Waals surface area contributed by atoms with E-state index in [2.05, 4.69) is 33.5 Å². The molecule has 0 unspecified atom stereocenters. The molecule has 0 spiro atoms. The van der Waals surface area contributed by atoms with Gasteiger partial charge in [-0.1, -0.05) is 46.7 Å². The van der Waals surface area contributed by atoms with Crippen molar-refractivity contribution in [1.29, 1.82) is 0 Å². The fourth-order valence-corrected chi connectivity index (χ4v) is 3.95. The van der Waals surface area contributed by atoms with Crippen LogP contribution in [0.3, 0.4) is 0 Å². The predicted molar refractivity (Wildman–Crippen MR) is 114 cm³/mol. The summed E-state index contributed by atoms with van der Waals surface area (Å²) in [5.74, 6) is -0.859. The number of anilines is 1. The van der Waals surface area contributed by atoms with Gasteiger partial charge in [-0.2, -0.15) is 0 Å². The van der Waals surface area contributed by atoms with E-state index in [-0.39, 0.29) is 11.4 Å². The molecule has 1 fully saturated rings. The number of carboxylic acid groups (broad SMARTS) is 1. The van der Waals surface area contributed by atoms with Gasteiger partial charge in [0.2, 0.25) is 0 Å². The summed E-state index contributed by atoms with van der Waals surface area (Å²) in [6.07, 6.45) is 2.67. The quantitative estimate of drug-likeness (QED) is 0.537. The van der Waals surface area contributed by atoms with Crippen LogP contribution in [0.25, 0.3) is 6.08 Å². The Balaban J connectivity index is 1.74. The van der Waals surface area contributed by atoms with Gasteiger partial charge >= 0.3 is 5.97 Å². The number of hydrogen-bond donors (Lipinski definition) is 3. The fraction of sp³-hybridized carbons (Fsp3) is 0.200. The zero-order valence-corrected chi connectivity index (χ0v) is 17.5. The van der Waals surface area contributed by atoms with Crippen molar-refractivity contribution >= 4 is 51.3 Å². The van der Waals surface area contributed by atoms with Crippen molar-refractivity contribution in [3.63, 3.8) is 0 Å². The van der Waals surface area contributed by atoms with E-state index >= 15 is 0 Å². The van der Waals surface area contributed by atoms with Gasteiger partial charge < -0.3 is 20.5 Å². The van der Waals surface area contributed by atoms with E-state index in [1.54, 1.807) is 24.3 Å². The van der Waals surface area contributed by atoms with E-state index in [0.29, 0.717) is 16.2 Å². The van der Waals surface area contributed by atoms with Crippen LogP contribution in [0.2, 0.25) is 0 Å². The maximum absolute atomic E-state index is 12.4. The van der Waals surface area contributed by atoms with Gasteiger partial charge in [0.25, 0.3) is 5.91 Å². The van der Waals surface area contributed by atoms with Crippen LogP contribution in [-0.2, 0) is 16.0 Å². The molecule has 1 aliphatic rings. The molecule has 6 nitrogen and oxygen atoms in total. The molecule has 1 aliphatic heterocycles. The van der Waals surface area contributed by atoms with E-state index in [1.807, 2.05) is 24.3 Å². The lowest BCUT2D eigenvalue weighted by Gasteiger charge is -2.13. The Bertz CT molecular complexity index is 915. The third-order valence-corrected chi connectivity index (χ3v) is 5.52. The predicted octanol–water partition coefficient (Wildman–Crippen LogP) is 4.07. The first kappa shape index (κ1) is 20.3. The molecule has 1 saturated heterocycles. The van der Waals surface area contributed by atoms with E-state index in [0.717, 1.165) is 16.6 Å². The molecule has 146 valence electrons. The van der Waals surface area contributed by atoms with Crippen molar-refractivity contribution in [1.82, 2.24) is 5.32 Å². The van der Waals surface area contributed by atoms with Crippen LogP contribution in [-0.4, -0.2) is 29.1 Å². The van der Waals surface area contributed by atoms with Crippen LogP contribution in [0.1, 0.15) is 18.1 Å². The first-order valence-corrected chi connectivity index (χ1v) is 10.3. The summed E-state index contributed by atoms with van der Waals surface area (Å²) < 4.78 is 6.12. The van der Waals surface area contributed by atoms with Crippen molar-refractivity contribution in [2.24, 2.45) is 0 Å². The molecule has 2 aromatic rings. The molecule has 0 aliphatic carbocycles. The third-order valence-electron chi connectivity index (χ3n) is 4.00. The van der Waals surface area contributed by atoms with Crippen molar-refractivity contribution < 1.29 is 19.4 Å². The average Bonchev–Trinajstić information content (AvgIpc) is 3.00. The maximum Gasteiger partial charge on any atom is 0.341 e. The molecular weight excluding hydrogens is 444 g/mol. The number of amides is 1. The van der Waals surface area contributed by atoms with Gasteiger partial charge in [-0.3, -0.25) is 4.79 Å². The Morgan fingerprint density at radius 2 is 2.07 bits per heavy atom. The van der Waals surface area contributed by atoms with Gasteiger partial charge in [-0.05, 0) is 48.4 Å². The molecule has 0 bridgehead atoms. The first-order chi connectivity index (χ1) is 13.4. The third kappa shape index (κ3) is 5.30. The molecule has 0 radical (unpaired) electrons. The summed E-state index contributed by atoms with van der Waals surface area (Å²) in [5.41, 5.74) is 2.50. The van der Waals surface area contributed by atoms with E-state index < -0.39 is 12.6 Å². The van der Waals surface area contributed by atoms with Crippen molar-refractivity contribution in [3.05, 3.63) is 63.0 Å². The molecule has 2 aromatic carbocycles. The second-order valence-corrected chi connectivity index (χ2v) is 8.10. The highest BCUT2D eigenvalue weighted by atomic mass is 79.9. The van der Waals surface area contributed by atoms with Crippen LogP contribution in [0.5, 0.6) is 5.75 Å². The number of nitrogens with one attached hydrogen (secondary N) is 2. The van der Waals surface area contributed by atoms with Gasteiger partial charge in [0.15, 0.2) is 12.1 Å². The van der Waals surface area contributed by atoms with E-state index in [4.69, 9.17) is 9.84 Å². The molecule has 0 saturated carbocycles. The number of hydrogen-bond acceptors (Lipinski definition) is 5. The van der Waals surface area contributed by atoms with Crippen LogP contribution < -0.4 is 15.4 Å². The van der Waals surface area contributed by atoms with Gasteiger partial charge in [-0.25, -0.2) is 4.79 Å². The summed E-state index contributed by atoms with van der Waals surface area (Å²) in [5, 5.41) is 15.0. The zero-order chi connectivity index (χ0) is 20.1. The second kappa shape index (κ2) is 9.16. The van der Waals surface area contributed by atoms with E-state index in [1.165, 1.54) is 17.3 Å². The summed E-state index contributed by atoms with van der Waals surface area (Å²) in [4.78, 5) is 23.6. The summed E-state index contributed by atoms with van der Waals surface area (Å²) >= 11 is 4.75. The Kier molecular flexibility index (Phi) is 6.64. The Morgan fingerprint density at radius 1 is 1.32 bits per heavy atom. The lowest BCUT2D eigenvalue weighted by Crippen LogP contribution is -2.30. The smallest absolute Gasteiger partial charge is 0.341 e. The number of thioether (sulfide) groups is 1. The number of carbonyl (C=O) groups is 2. The highest BCUT2D eigenvalue weighted by Crippen LogP contribution is 2.33. The van der Waals surface area contributed by atoms with Crippen LogP contribution in [0.15, 0.2) is 51.8 Å². The van der Waals surface area contributed by atoms with Gasteiger partial charge in [-0.15, -0.1) is 0 Å². The Labute approximate surface area is 175 Å². The SMILES string of the molecule is CCc1ccc(N[C@H]2NC(=O)/C(=C/c3cc(Br)ccc3OCC(=O)O)S2)cc1.